The minimum Gasteiger partial charge on any atom is -0.384 e. The highest BCUT2D eigenvalue weighted by molar-refractivity contribution is 7.11. The van der Waals surface area contributed by atoms with Crippen LogP contribution in [0.25, 0.3) is 0 Å². The second-order valence-corrected chi connectivity index (χ2v) is 5.40. The van der Waals surface area contributed by atoms with Gasteiger partial charge in [0.1, 0.15) is 11.5 Å². The SMILES string of the molecule is Cc1ncsc1C(=O)NC(C)c1cccc(C#CCO)c1. The third kappa shape index (κ3) is 3.91. The number of carbonyl (C=O) groups excluding carboxylic acids is 1. The van der Waals surface area contributed by atoms with E-state index in [0.29, 0.717) is 4.88 Å². The Morgan fingerprint density at radius 3 is 3.00 bits per heavy atom. The van der Waals surface area contributed by atoms with Crippen LogP contribution in [-0.2, 0) is 0 Å². The number of thiazole rings is 1. The first-order chi connectivity index (χ1) is 10.1. The number of aromatic nitrogens is 1. The van der Waals surface area contributed by atoms with Crippen LogP contribution in [0, 0.1) is 18.8 Å². The molecule has 1 aromatic heterocycles. The molecule has 1 heterocycles. The standard InChI is InChI=1S/C16H16N2O2S/c1-11(18-16(20)15-12(2)17-10-21-15)14-7-3-5-13(9-14)6-4-8-19/h3,5,7,9-11,19H,8H2,1-2H3,(H,18,20). The fourth-order valence-corrected chi connectivity index (χ4v) is 2.60. The Morgan fingerprint density at radius 1 is 1.52 bits per heavy atom. The van der Waals surface area contributed by atoms with Crippen molar-refractivity contribution in [3.63, 3.8) is 0 Å². The van der Waals surface area contributed by atoms with Crippen molar-refractivity contribution in [1.82, 2.24) is 10.3 Å². The number of nitrogens with zero attached hydrogens (tertiary/aromatic N) is 1. The van der Waals surface area contributed by atoms with E-state index >= 15 is 0 Å². The Labute approximate surface area is 127 Å². The van der Waals surface area contributed by atoms with Gasteiger partial charge in [0.05, 0.1) is 17.2 Å². The van der Waals surface area contributed by atoms with Crippen molar-refractivity contribution in [3.8, 4) is 11.8 Å². The summed E-state index contributed by atoms with van der Waals surface area (Å²) < 4.78 is 0. The molecule has 5 heteroatoms. The summed E-state index contributed by atoms with van der Waals surface area (Å²) >= 11 is 1.34. The number of aliphatic hydroxyl groups excluding tert-OH is 1. The van der Waals surface area contributed by atoms with Gasteiger partial charge in [0, 0.05) is 5.56 Å². The van der Waals surface area contributed by atoms with E-state index in [0.717, 1.165) is 16.8 Å². The normalized spacial score (nSPS) is 11.4. The number of aliphatic hydroxyl groups is 1. The predicted octanol–water partition coefficient (Wildman–Crippen LogP) is 2.29. The van der Waals surface area contributed by atoms with Crippen molar-refractivity contribution in [2.24, 2.45) is 0 Å². The molecule has 0 spiro atoms. The van der Waals surface area contributed by atoms with Gasteiger partial charge in [-0.05, 0) is 31.5 Å². The highest BCUT2D eigenvalue weighted by Gasteiger charge is 2.15. The van der Waals surface area contributed by atoms with Gasteiger partial charge in [0.2, 0.25) is 0 Å². The van der Waals surface area contributed by atoms with Crippen molar-refractivity contribution in [2.45, 2.75) is 19.9 Å². The zero-order valence-corrected chi connectivity index (χ0v) is 12.7. The first-order valence-corrected chi connectivity index (χ1v) is 7.40. The molecule has 2 aromatic rings. The molecular formula is C16H16N2O2S. The molecule has 1 aromatic carbocycles. The van der Waals surface area contributed by atoms with E-state index in [-0.39, 0.29) is 18.6 Å². The zero-order chi connectivity index (χ0) is 15.2. The van der Waals surface area contributed by atoms with E-state index in [1.807, 2.05) is 38.1 Å². The van der Waals surface area contributed by atoms with Gasteiger partial charge in [-0.15, -0.1) is 11.3 Å². The molecule has 0 aliphatic heterocycles. The summed E-state index contributed by atoms with van der Waals surface area (Å²) in [5.41, 5.74) is 4.19. The number of carbonyl (C=O) groups is 1. The summed E-state index contributed by atoms with van der Waals surface area (Å²) in [6.07, 6.45) is 0. The van der Waals surface area contributed by atoms with Crippen molar-refractivity contribution >= 4 is 17.2 Å². The fraction of sp³-hybridized carbons (Fsp3) is 0.250. The molecule has 0 saturated carbocycles. The van der Waals surface area contributed by atoms with Crippen LogP contribution >= 0.6 is 11.3 Å². The second kappa shape index (κ2) is 7.02. The van der Waals surface area contributed by atoms with Gasteiger partial charge in [0.25, 0.3) is 5.91 Å². The molecule has 1 unspecified atom stereocenters. The van der Waals surface area contributed by atoms with Gasteiger partial charge in [-0.25, -0.2) is 4.98 Å². The molecule has 1 atom stereocenters. The molecule has 1 amide bonds. The number of hydrogen-bond acceptors (Lipinski definition) is 4. The Hall–Kier alpha value is -2.16. The van der Waals surface area contributed by atoms with Crippen molar-refractivity contribution in [2.75, 3.05) is 6.61 Å². The summed E-state index contributed by atoms with van der Waals surface area (Å²) in [6.45, 7) is 3.58. The molecule has 0 bridgehead atoms. The van der Waals surface area contributed by atoms with Crippen LogP contribution in [0.2, 0.25) is 0 Å². The average molecular weight is 300 g/mol. The summed E-state index contributed by atoms with van der Waals surface area (Å²) in [5, 5.41) is 11.7. The lowest BCUT2D eigenvalue weighted by molar-refractivity contribution is 0.0943. The number of hydrogen-bond donors (Lipinski definition) is 2. The van der Waals surface area contributed by atoms with Crippen LogP contribution in [0.3, 0.4) is 0 Å². The van der Waals surface area contributed by atoms with Gasteiger partial charge >= 0.3 is 0 Å². The Balaban J connectivity index is 2.11. The Bertz CT molecular complexity index is 698. The maximum atomic E-state index is 12.2. The van der Waals surface area contributed by atoms with E-state index in [4.69, 9.17) is 5.11 Å². The third-order valence-corrected chi connectivity index (χ3v) is 3.93. The van der Waals surface area contributed by atoms with Crippen LogP contribution in [0.1, 0.15) is 39.5 Å². The van der Waals surface area contributed by atoms with Crippen LogP contribution in [0.15, 0.2) is 29.8 Å². The van der Waals surface area contributed by atoms with E-state index < -0.39 is 0 Å². The molecule has 0 aliphatic carbocycles. The molecule has 2 N–H and O–H groups in total. The molecule has 21 heavy (non-hydrogen) atoms. The van der Waals surface area contributed by atoms with Crippen molar-refractivity contribution < 1.29 is 9.90 Å². The van der Waals surface area contributed by atoms with Crippen LogP contribution < -0.4 is 5.32 Å². The fourth-order valence-electron chi connectivity index (χ4n) is 1.89. The Morgan fingerprint density at radius 2 is 2.33 bits per heavy atom. The van der Waals surface area contributed by atoms with Gasteiger partial charge in [-0.1, -0.05) is 24.0 Å². The highest BCUT2D eigenvalue weighted by Crippen LogP contribution is 2.17. The molecule has 0 aliphatic rings. The van der Waals surface area contributed by atoms with Gasteiger partial charge < -0.3 is 10.4 Å². The largest absolute Gasteiger partial charge is 0.384 e. The molecule has 0 fully saturated rings. The van der Waals surface area contributed by atoms with Gasteiger partial charge in [-0.3, -0.25) is 4.79 Å². The lowest BCUT2D eigenvalue weighted by Crippen LogP contribution is -2.26. The average Bonchev–Trinajstić information content (AvgIpc) is 2.91. The molecule has 0 saturated heterocycles. The smallest absolute Gasteiger partial charge is 0.263 e. The predicted molar refractivity (Wildman–Crippen MR) is 83.1 cm³/mol. The van der Waals surface area contributed by atoms with Gasteiger partial charge in [-0.2, -0.15) is 0 Å². The Kier molecular flexibility index (Phi) is 5.09. The number of amides is 1. The molecule has 0 radical (unpaired) electrons. The second-order valence-electron chi connectivity index (χ2n) is 4.55. The van der Waals surface area contributed by atoms with Crippen LogP contribution in [0.4, 0.5) is 0 Å². The van der Waals surface area contributed by atoms with Crippen molar-refractivity contribution in [1.29, 1.82) is 0 Å². The lowest BCUT2D eigenvalue weighted by atomic mass is 10.1. The van der Waals surface area contributed by atoms with E-state index in [9.17, 15) is 4.79 Å². The van der Waals surface area contributed by atoms with E-state index in [1.54, 1.807) is 5.51 Å². The van der Waals surface area contributed by atoms with E-state index in [1.165, 1.54) is 11.3 Å². The molecule has 4 nitrogen and oxygen atoms in total. The van der Waals surface area contributed by atoms with Crippen LogP contribution in [-0.4, -0.2) is 22.6 Å². The van der Waals surface area contributed by atoms with Crippen molar-refractivity contribution in [3.05, 3.63) is 51.5 Å². The molecule has 2 rings (SSSR count). The highest BCUT2D eigenvalue weighted by atomic mass is 32.1. The lowest BCUT2D eigenvalue weighted by Gasteiger charge is -2.14. The van der Waals surface area contributed by atoms with Gasteiger partial charge in [0.15, 0.2) is 0 Å². The summed E-state index contributed by atoms with van der Waals surface area (Å²) in [4.78, 5) is 16.9. The van der Waals surface area contributed by atoms with Crippen LogP contribution in [0.5, 0.6) is 0 Å². The monoisotopic (exact) mass is 300 g/mol. The first-order valence-electron chi connectivity index (χ1n) is 6.52. The zero-order valence-electron chi connectivity index (χ0n) is 11.9. The molecular weight excluding hydrogens is 284 g/mol. The van der Waals surface area contributed by atoms with E-state index in [2.05, 4.69) is 22.1 Å². The minimum atomic E-state index is -0.166. The third-order valence-electron chi connectivity index (χ3n) is 3.00. The molecule has 108 valence electrons. The summed E-state index contributed by atoms with van der Waals surface area (Å²) in [5.74, 6) is 5.36. The number of benzene rings is 1. The number of nitrogens with one attached hydrogen (secondary N) is 1. The quantitative estimate of drug-likeness (QED) is 0.855. The topological polar surface area (TPSA) is 62.2 Å². The number of rotatable bonds is 3. The summed E-state index contributed by atoms with van der Waals surface area (Å²) in [7, 11) is 0. The number of aryl methyl sites for hydroxylation is 1. The maximum absolute atomic E-state index is 12.2. The first kappa shape index (κ1) is 15.2. The summed E-state index contributed by atoms with van der Waals surface area (Å²) in [6, 6.07) is 7.47. The minimum absolute atomic E-state index is 0.116. The maximum Gasteiger partial charge on any atom is 0.263 e.